The van der Waals surface area contributed by atoms with Crippen LogP contribution in [0.15, 0.2) is 35.7 Å². The summed E-state index contributed by atoms with van der Waals surface area (Å²) in [6, 6.07) is 8.00. The molecule has 1 aromatic heterocycles. The van der Waals surface area contributed by atoms with Crippen molar-refractivity contribution in [1.29, 1.82) is 0 Å². The number of aromatic amines is 1. The van der Waals surface area contributed by atoms with Crippen molar-refractivity contribution in [3.63, 3.8) is 0 Å². The number of aromatic nitrogens is 3. The van der Waals surface area contributed by atoms with E-state index in [1.54, 1.807) is 0 Å². The summed E-state index contributed by atoms with van der Waals surface area (Å²) >= 11 is 1.33. The first-order chi connectivity index (χ1) is 8.75. The molecule has 0 saturated heterocycles. The van der Waals surface area contributed by atoms with Crippen LogP contribution in [0.5, 0.6) is 0 Å². The molecule has 2 rings (SSSR count). The van der Waals surface area contributed by atoms with E-state index in [1.807, 2.05) is 31.2 Å². The Bertz CT molecular complexity index is 513. The van der Waals surface area contributed by atoms with Crippen LogP contribution in [0.25, 0.3) is 0 Å². The van der Waals surface area contributed by atoms with E-state index in [9.17, 15) is 4.79 Å². The molecule has 0 aliphatic rings. The molecule has 0 spiro atoms. The van der Waals surface area contributed by atoms with Crippen molar-refractivity contribution < 1.29 is 4.79 Å². The van der Waals surface area contributed by atoms with Gasteiger partial charge in [-0.2, -0.15) is 5.10 Å². The van der Waals surface area contributed by atoms with E-state index < -0.39 is 0 Å². The first kappa shape index (κ1) is 12.6. The van der Waals surface area contributed by atoms with E-state index in [4.69, 9.17) is 0 Å². The zero-order valence-corrected chi connectivity index (χ0v) is 10.8. The number of thioether (sulfide) groups is 1. The minimum absolute atomic E-state index is 0.0142. The highest BCUT2D eigenvalue weighted by atomic mass is 32.2. The Morgan fingerprint density at radius 1 is 1.44 bits per heavy atom. The Kier molecular flexibility index (Phi) is 4.35. The summed E-state index contributed by atoms with van der Waals surface area (Å²) < 4.78 is 0. The van der Waals surface area contributed by atoms with Crippen molar-refractivity contribution in [3.8, 4) is 0 Å². The van der Waals surface area contributed by atoms with Gasteiger partial charge in [-0.25, -0.2) is 4.98 Å². The van der Waals surface area contributed by atoms with Crippen LogP contribution in [0.1, 0.15) is 11.1 Å². The fourth-order valence-electron chi connectivity index (χ4n) is 1.45. The van der Waals surface area contributed by atoms with Gasteiger partial charge in [0.15, 0.2) is 5.16 Å². The summed E-state index contributed by atoms with van der Waals surface area (Å²) in [5.74, 6) is 0.320. The van der Waals surface area contributed by atoms with Crippen molar-refractivity contribution in [1.82, 2.24) is 20.5 Å². The van der Waals surface area contributed by atoms with Gasteiger partial charge in [-0.3, -0.25) is 9.89 Å². The molecule has 0 atom stereocenters. The molecule has 0 bridgehead atoms. The van der Waals surface area contributed by atoms with Crippen molar-refractivity contribution in [2.45, 2.75) is 18.6 Å². The maximum atomic E-state index is 11.6. The molecule has 18 heavy (non-hydrogen) atoms. The van der Waals surface area contributed by atoms with Crippen LogP contribution < -0.4 is 5.32 Å². The van der Waals surface area contributed by atoms with Gasteiger partial charge in [0.05, 0.1) is 5.75 Å². The molecule has 0 aliphatic carbocycles. The molecule has 1 aromatic carbocycles. The van der Waals surface area contributed by atoms with Gasteiger partial charge in [-0.15, -0.1) is 0 Å². The topological polar surface area (TPSA) is 70.7 Å². The van der Waals surface area contributed by atoms with E-state index in [2.05, 4.69) is 20.5 Å². The number of carbonyl (C=O) groups is 1. The van der Waals surface area contributed by atoms with Crippen LogP contribution in [0.3, 0.4) is 0 Å². The van der Waals surface area contributed by atoms with E-state index in [0.29, 0.717) is 17.5 Å². The third-order valence-corrected chi connectivity index (χ3v) is 3.35. The standard InChI is InChI=1S/C12H14N4OS/c1-9-4-2-3-5-10(9)6-13-11(17)7-18-12-14-8-15-16-12/h2-5,8H,6-7H2,1H3,(H,13,17)(H,14,15,16). The fourth-order valence-corrected chi connectivity index (χ4v) is 2.06. The number of amides is 1. The fraction of sp³-hybridized carbons (Fsp3) is 0.250. The number of hydrogen-bond acceptors (Lipinski definition) is 4. The minimum Gasteiger partial charge on any atom is -0.351 e. The highest BCUT2D eigenvalue weighted by molar-refractivity contribution is 7.99. The SMILES string of the molecule is Cc1ccccc1CNC(=O)CSc1ncn[nH]1. The van der Waals surface area contributed by atoms with Gasteiger partial charge in [-0.1, -0.05) is 36.0 Å². The molecular formula is C12H14N4OS. The largest absolute Gasteiger partial charge is 0.351 e. The van der Waals surface area contributed by atoms with Crippen molar-refractivity contribution in [2.75, 3.05) is 5.75 Å². The van der Waals surface area contributed by atoms with Gasteiger partial charge in [-0.05, 0) is 18.1 Å². The number of hydrogen-bond donors (Lipinski definition) is 2. The van der Waals surface area contributed by atoms with E-state index >= 15 is 0 Å². The lowest BCUT2D eigenvalue weighted by Crippen LogP contribution is -2.24. The summed E-state index contributed by atoms with van der Waals surface area (Å²) in [7, 11) is 0. The summed E-state index contributed by atoms with van der Waals surface area (Å²) in [6.45, 7) is 2.59. The molecule has 0 saturated carbocycles. The van der Waals surface area contributed by atoms with E-state index in [1.165, 1.54) is 23.7 Å². The first-order valence-corrected chi connectivity index (χ1v) is 6.53. The van der Waals surface area contributed by atoms with Crippen molar-refractivity contribution in [2.24, 2.45) is 0 Å². The summed E-state index contributed by atoms with van der Waals surface area (Å²) in [5.41, 5.74) is 2.32. The van der Waals surface area contributed by atoms with Crippen LogP contribution in [-0.2, 0) is 11.3 Å². The van der Waals surface area contributed by atoms with Gasteiger partial charge < -0.3 is 5.32 Å². The monoisotopic (exact) mass is 262 g/mol. The van der Waals surface area contributed by atoms with Crippen molar-refractivity contribution in [3.05, 3.63) is 41.7 Å². The maximum Gasteiger partial charge on any atom is 0.230 e. The Morgan fingerprint density at radius 2 is 2.28 bits per heavy atom. The Hall–Kier alpha value is -1.82. The Labute approximate surface area is 109 Å². The lowest BCUT2D eigenvalue weighted by Gasteiger charge is -2.07. The van der Waals surface area contributed by atoms with Gasteiger partial charge >= 0.3 is 0 Å². The average Bonchev–Trinajstić information content (AvgIpc) is 2.88. The lowest BCUT2D eigenvalue weighted by atomic mass is 10.1. The van der Waals surface area contributed by atoms with Crippen LogP contribution in [0, 0.1) is 6.92 Å². The minimum atomic E-state index is -0.0142. The van der Waals surface area contributed by atoms with Gasteiger partial charge in [0.25, 0.3) is 0 Å². The number of nitrogens with one attached hydrogen (secondary N) is 2. The number of carbonyl (C=O) groups excluding carboxylic acids is 1. The number of aryl methyl sites for hydroxylation is 1. The van der Waals surface area contributed by atoms with E-state index in [0.717, 1.165) is 5.56 Å². The lowest BCUT2D eigenvalue weighted by molar-refractivity contribution is -0.118. The van der Waals surface area contributed by atoms with Gasteiger partial charge in [0.1, 0.15) is 6.33 Å². The van der Waals surface area contributed by atoms with Crippen LogP contribution in [0.4, 0.5) is 0 Å². The maximum absolute atomic E-state index is 11.6. The van der Waals surface area contributed by atoms with Crippen LogP contribution in [-0.4, -0.2) is 26.8 Å². The highest BCUT2D eigenvalue weighted by Gasteiger charge is 2.05. The smallest absolute Gasteiger partial charge is 0.230 e. The van der Waals surface area contributed by atoms with Gasteiger partial charge in [0.2, 0.25) is 5.91 Å². The zero-order chi connectivity index (χ0) is 12.8. The Balaban J connectivity index is 1.77. The number of H-pyrrole nitrogens is 1. The molecule has 2 aromatic rings. The highest BCUT2D eigenvalue weighted by Crippen LogP contribution is 2.10. The average molecular weight is 262 g/mol. The molecule has 0 fully saturated rings. The molecule has 2 N–H and O–H groups in total. The quantitative estimate of drug-likeness (QED) is 0.802. The normalized spacial score (nSPS) is 10.3. The second kappa shape index (κ2) is 6.20. The molecule has 1 amide bonds. The second-order valence-corrected chi connectivity index (χ2v) is 4.75. The number of nitrogens with zero attached hydrogens (tertiary/aromatic N) is 2. The molecule has 6 heteroatoms. The van der Waals surface area contributed by atoms with Crippen molar-refractivity contribution >= 4 is 17.7 Å². The summed E-state index contributed by atoms with van der Waals surface area (Å²) in [4.78, 5) is 15.6. The third-order valence-electron chi connectivity index (χ3n) is 2.47. The molecule has 0 radical (unpaired) electrons. The Morgan fingerprint density at radius 3 is 3.00 bits per heavy atom. The number of rotatable bonds is 5. The van der Waals surface area contributed by atoms with Crippen LogP contribution in [0.2, 0.25) is 0 Å². The predicted molar refractivity (Wildman–Crippen MR) is 70.1 cm³/mol. The zero-order valence-electron chi connectivity index (χ0n) is 10.0. The third kappa shape index (κ3) is 3.59. The summed E-state index contributed by atoms with van der Waals surface area (Å²) in [5, 5.41) is 9.95. The number of benzene rings is 1. The molecule has 0 aliphatic heterocycles. The second-order valence-electron chi connectivity index (χ2n) is 3.78. The van der Waals surface area contributed by atoms with E-state index in [-0.39, 0.29) is 5.91 Å². The summed E-state index contributed by atoms with van der Waals surface area (Å²) in [6.07, 6.45) is 1.42. The van der Waals surface area contributed by atoms with Gasteiger partial charge in [0, 0.05) is 6.54 Å². The molecule has 0 unspecified atom stereocenters. The first-order valence-electron chi connectivity index (χ1n) is 5.55. The van der Waals surface area contributed by atoms with Crippen LogP contribution >= 0.6 is 11.8 Å². The predicted octanol–water partition coefficient (Wildman–Crippen LogP) is 1.52. The molecule has 94 valence electrons. The molecule has 5 nitrogen and oxygen atoms in total. The molecule has 1 heterocycles. The molecular weight excluding hydrogens is 248 g/mol.